The lowest BCUT2D eigenvalue weighted by Crippen LogP contribution is -2.36. The van der Waals surface area contributed by atoms with Crippen LogP contribution in [0.25, 0.3) is 10.8 Å². The largest absolute Gasteiger partial charge is 0.497 e. The molecule has 1 atom stereocenters. The van der Waals surface area contributed by atoms with Crippen LogP contribution in [0.5, 0.6) is 11.5 Å². The fourth-order valence-corrected chi connectivity index (χ4v) is 2.89. The summed E-state index contributed by atoms with van der Waals surface area (Å²) in [4.78, 5) is 24.5. The number of esters is 1. The Bertz CT molecular complexity index is 850. The Hall–Kier alpha value is -2.77. The van der Waals surface area contributed by atoms with Gasteiger partial charge in [0, 0.05) is 13.0 Å². The highest BCUT2D eigenvalue weighted by atomic mass is 19.4. The second kappa shape index (κ2) is 6.86. The van der Waals surface area contributed by atoms with E-state index in [0.29, 0.717) is 10.6 Å². The average Bonchev–Trinajstić information content (AvgIpc) is 2.93. The fourth-order valence-electron chi connectivity index (χ4n) is 2.89. The van der Waals surface area contributed by atoms with Gasteiger partial charge < -0.3 is 14.4 Å². The van der Waals surface area contributed by atoms with E-state index >= 15 is 0 Å². The number of carbonyl (C=O) groups excluding carboxylic acids is 2. The molecule has 8 heteroatoms. The number of amides is 1. The zero-order valence-corrected chi connectivity index (χ0v) is 13.9. The normalized spacial score (nSPS) is 17.6. The number of alkyl halides is 3. The smallest absolute Gasteiger partial charge is 0.406 e. The van der Waals surface area contributed by atoms with Crippen LogP contribution in [0.3, 0.4) is 0 Å². The van der Waals surface area contributed by atoms with E-state index in [1.54, 1.807) is 30.3 Å². The quantitative estimate of drug-likeness (QED) is 0.615. The number of likely N-dealkylation sites (tertiary alicyclic amines) is 1. The van der Waals surface area contributed by atoms with Gasteiger partial charge >= 0.3 is 12.1 Å². The van der Waals surface area contributed by atoms with Crippen LogP contribution in [0.4, 0.5) is 13.2 Å². The molecule has 1 aliphatic rings. The first-order chi connectivity index (χ1) is 12.2. The lowest BCUT2D eigenvalue weighted by atomic mass is 10.1. The van der Waals surface area contributed by atoms with Crippen LogP contribution in [0.2, 0.25) is 0 Å². The van der Waals surface area contributed by atoms with Gasteiger partial charge in [-0.15, -0.1) is 0 Å². The summed E-state index contributed by atoms with van der Waals surface area (Å²) in [7, 11) is 1.54. The molecule has 0 aromatic heterocycles. The van der Waals surface area contributed by atoms with E-state index in [9.17, 15) is 22.8 Å². The van der Waals surface area contributed by atoms with Crippen molar-refractivity contribution in [3.05, 3.63) is 36.4 Å². The van der Waals surface area contributed by atoms with Gasteiger partial charge in [0.25, 0.3) is 0 Å². The third kappa shape index (κ3) is 4.07. The zero-order chi connectivity index (χ0) is 18.9. The molecule has 0 saturated carbocycles. The fraction of sp³-hybridized carbons (Fsp3) is 0.333. The van der Waals surface area contributed by atoms with Crippen molar-refractivity contribution in [2.75, 3.05) is 20.2 Å². The number of ether oxygens (including phenoxy) is 2. The molecule has 0 N–H and O–H groups in total. The number of rotatable bonds is 4. The van der Waals surface area contributed by atoms with Crippen LogP contribution in [0.15, 0.2) is 36.4 Å². The summed E-state index contributed by atoms with van der Waals surface area (Å²) in [6, 6.07) is 10.4. The van der Waals surface area contributed by atoms with Crippen molar-refractivity contribution in [2.45, 2.75) is 12.6 Å². The Morgan fingerprint density at radius 3 is 2.46 bits per heavy atom. The van der Waals surface area contributed by atoms with Crippen LogP contribution in [0, 0.1) is 5.92 Å². The first kappa shape index (κ1) is 18.0. The molecule has 5 nitrogen and oxygen atoms in total. The maximum Gasteiger partial charge on any atom is 0.406 e. The van der Waals surface area contributed by atoms with Gasteiger partial charge in [0.15, 0.2) is 0 Å². The number of benzene rings is 2. The number of hydrogen-bond acceptors (Lipinski definition) is 4. The van der Waals surface area contributed by atoms with Crippen molar-refractivity contribution in [2.24, 2.45) is 5.92 Å². The Kier molecular flexibility index (Phi) is 4.76. The lowest BCUT2D eigenvalue weighted by molar-refractivity contribution is -0.157. The van der Waals surface area contributed by atoms with E-state index in [-0.39, 0.29) is 18.7 Å². The Morgan fingerprint density at radius 2 is 1.81 bits per heavy atom. The molecular weight excluding hydrogens is 351 g/mol. The first-order valence-corrected chi connectivity index (χ1v) is 7.89. The summed E-state index contributed by atoms with van der Waals surface area (Å²) in [5, 5.41) is 1.70. The second-order valence-electron chi connectivity index (χ2n) is 6.09. The SMILES string of the molecule is COc1ccc2ccc(OC(=O)[C@@H]3CC(=O)N(CC(F)(F)F)C3)cc2c1. The van der Waals surface area contributed by atoms with Crippen LogP contribution in [0.1, 0.15) is 6.42 Å². The van der Waals surface area contributed by atoms with E-state index in [1.807, 2.05) is 6.07 Å². The summed E-state index contributed by atoms with van der Waals surface area (Å²) >= 11 is 0. The molecule has 1 aliphatic heterocycles. The number of hydrogen-bond donors (Lipinski definition) is 0. The highest BCUT2D eigenvalue weighted by Crippen LogP contribution is 2.28. The van der Waals surface area contributed by atoms with E-state index < -0.39 is 30.5 Å². The van der Waals surface area contributed by atoms with Gasteiger partial charge in [0.1, 0.15) is 18.0 Å². The third-order valence-corrected chi connectivity index (χ3v) is 4.16. The predicted octanol–water partition coefficient (Wildman–Crippen LogP) is 3.16. The molecule has 1 saturated heterocycles. The minimum absolute atomic E-state index is 0.262. The molecule has 3 rings (SSSR count). The van der Waals surface area contributed by atoms with E-state index in [4.69, 9.17) is 9.47 Å². The zero-order valence-electron chi connectivity index (χ0n) is 13.9. The second-order valence-corrected chi connectivity index (χ2v) is 6.09. The van der Waals surface area contributed by atoms with Gasteiger partial charge in [-0.1, -0.05) is 12.1 Å². The molecule has 0 unspecified atom stereocenters. The molecule has 26 heavy (non-hydrogen) atoms. The average molecular weight is 367 g/mol. The molecule has 2 aromatic rings. The molecule has 0 spiro atoms. The number of halogens is 3. The Labute approximate surface area is 147 Å². The number of methoxy groups -OCH3 is 1. The number of carbonyl (C=O) groups is 2. The summed E-state index contributed by atoms with van der Waals surface area (Å²) in [6.07, 6.45) is -4.78. The monoisotopic (exact) mass is 367 g/mol. The maximum atomic E-state index is 12.4. The molecule has 0 bridgehead atoms. The van der Waals surface area contributed by atoms with Crippen LogP contribution < -0.4 is 9.47 Å². The van der Waals surface area contributed by atoms with E-state index in [1.165, 1.54) is 7.11 Å². The minimum Gasteiger partial charge on any atom is -0.497 e. The highest BCUT2D eigenvalue weighted by Gasteiger charge is 2.41. The molecule has 1 fully saturated rings. The maximum absolute atomic E-state index is 12.4. The van der Waals surface area contributed by atoms with Gasteiger partial charge in [-0.3, -0.25) is 9.59 Å². The third-order valence-electron chi connectivity index (χ3n) is 4.16. The van der Waals surface area contributed by atoms with Gasteiger partial charge in [0.2, 0.25) is 5.91 Å². The standard InChI is InChI=1S/C18H16F3NO4/c1-25-14-4-2-11-3-5-15(7-12(11)6-14)26-17(24)13-8-16(23)22(9-13)10-18(19,20)21/h2-7,13H,8-10H2,1H3/t13-/m1/s1. The number of nitrogens with zero attached hydrogens (tertiary/aromatic N) is 1. The van der Waals surface area contributed by atoms with Crippen molar-refractivity contribution in [3.8, 4) is 11.5 Å². The van der Waals surface area contributed by atoms with Crippen molar-refractivity contribution >= 4 is 22.6 Å². The molecular formula is C18H16F3NO4. The first-order valence-electron chi connectivity index (χ1n) is 7.89. The summed E-state index contributed by atoms with van der Waals surface area (Å²) in [5.41, 5.74) is 0. The molecule has 1 heterocycles. The van der Waals surface area contributed by atoms with Crippen molar-refractivity contribution in [1.82, 2.24) is 4.90 Å². The lowest BCUT2D eigenvalue weighted by Gasteiger charge is -2.18. The highest BCUT2D eigenvalue weighted by molar-refractivity contribution is 5.89. The van der Waals surface area contributed by atoms with Crippen molar-refractivity contribution in [3.63, 3.8) is 0 Å². The summed E-state index contributed by atoms with van der Waals surface area (Å²) < 4.78 is 47.7. The number of fused-ring (bicyclic) bond motifs is 1. The molecule has 0 aliphatic carbocycles. The summed E-state index contributed by atoms with van der Waals surface area (Å²) in [6.45, 7) is -1.65. The van der Waals surface area contributed by atoms with E-state index in [2.05, 4.69) is 0 Å². The van der Waals surface area contributed by atoms with Crippen LogP contribution in [-0.2, 0) is 9.59 Å². The topological polar surface area (TPSA) is 55.8 Å². The molecule has 0 radical (unpaired) electrons. The summed E-state index contributed by atoms with van der Waals surface area (Å²) in [5.74, 6) is -1.42. The predicted molar refractivity (Wildman–Crippen MR) is 86.9 cm³/mol. The van der Waals surface area contributed by atoms with Gasteiger partial charge in [0.05, 0.1) is 13.0 Å². The van der Waals surface area contributed by atoms with Crippen LogP contribution in [-0.4, -0.2) is 43.2 Å². The van der Waals surface area contributed by atoms with Gasteiger partial charge in [-0.2, -0.15) is 13.2 Å². The molecule has 1 amide bonds. The molecule has 2 aromatic carbocycles. The minimum atomic E-state index is -4.49. The van der Waals surface area contributed by atoms with E-state index in [0.717, 1.165) is 10.8 Å². The van der Waals surface area contributed by atoms with Crippen molar-refractivity contribution in [1.29, 1.82) is 0 Å². The van der Waals surface area contributed by atoms with Crippen molar-refractivity contribution < 1.29 is 32.2 Å². The van der Waals surface area contributed by atoms with Gasteiger partial charge in [-0.25, -0.2) is 0 Å². The Balaban J connectivity index is 1.70. The van der Waals surface area contributed by atoms with Crippen LogP contribution >= 0.6 is 0 Å². The molecule has 138 valence electrons. The van der Waals surface area contributed by atoms with Gasteiger partial charge in [-0.05, 0) is 35.0 Å². The Morgan fingerprint density at radius 1 is 1.15 bits per heavy atom.